The third kappa shape index (κ3) is 3.39. The number of amides is 2. The molecule has 1 aliphatic rings. The second kappa shape index (κ2) is 7.74. The van der Waals surface area contributed by atoms with E-state index >= 15 is 0 Å². The summed E-state index contributed by atoms with van der Waals surface area (Å²) in [7, 11) is 0. The first-order valence-electron chi connectivity index (χ1n) is 10.6. The third-order valence-electron chi connectivity index (χ3n) is 5.94. The third-order valence-corrected chi connectivity index (χ3v) is 5.94. The lowest BCUT2D eigenvalue weighted by Crippen LogP contribution is -2.38. The highest BCUT2D eigenvalue weighted by Gasteiger charge is 2.38. The number of benzene rings is 2. The predicted octanol–water partition coefficient (Wildman–Crippen LogP) is 3.44. The summed E-state index contributed by atoms with van der Waals surface area (Å²) in [5.41, 5.74) is 2.24. The number of nitrogens with one attached hydrogen (secondary N) is 3. The Kier molecular flexibility index (Phi) is 4.88. The van der Waals surface area contributed by atoms with Crippen molar-refractivity contribution >= 4 is 39.6 Å². The maximum atomic E-state index is 14.4. The van der Waals surface area contributed by atoms with Gasteiger partial charge in [0.05, 0.1) is 33.9 Å². The van der Waals surface area contributed by atoms with Crippen molar-refractivity contribution in [3.8, 4) is 0 Å². The van der Waals surface area contributed by atoms with Gasteiger partial charge in [-0.25, -0.2) is 9.37 Å². The number of fused-ring (bicyclic) bond motifs is 2. The molecular weight excluding hydrogens is 411 g/mol. The molecule has 0 spiro atoms. The molecule has 2 amide bonds. The Morgan fingerprint density at radius 2 is 1.97 bits per heavy atom. The number of anilines is 1. The molecule has 164 valence electrons. The van der Waals surface area contributed by atoms with Crippen LogP contribution < -0.4 is 10.2 Å². The SMILES string of the molecule is CC(C)[C@@H](NC(=O)[C@H]1CC(=O)N(c2n[nH]c3cccc(F)c23)C1)c1nc2ccccc2[nH]1. The van der Waals surface area contributed by atoms with Crippen molar-refractivity contribution in [1.82, 2.24) is 25.5 Å². The zero-order valence-corrected chi connectivity index (χ0v) is 17.7. The van der Waals surface area contributed by atoms with Gasteiger partial charge in [0.25, 0.3) is 0 Å². The van der Waals surface area contributed by atoms with Crippen molar-refractivity contribution in [2.75, 3.05) is 11.4 Å². The van der Waals surface area contributed by atoms with Crippen LogP contribution in [0.25, 0.3) is 21.9 Å². The standard InChI is InChI=1S/C23H23FN6O2/c1-12(2)20(21-25-15-7-3-4-8-16(15)26-21)27-23(32)13-10-18(31)30(11-13)22-19-14(24)6-5-9-17(19)28-29-22/h3-9,12-13,20H,10-11H2,1-2H3,(H,25,26)(H,27,32)(H,28,29)/t13-,20+/m0/s1. The fourth-order valence-electron chi connectivity index (χ4n) is 4.24. The van der Waals surface area contributed by atoms with Gasteiger partial charge in [0.1, 0.15) is 11.6 Å². The van der Waals surface area contributed by atoms with E-state index in [0.29, 0.717) is 11.3 Å². The Bertz CT molecular complexity index is 1290. The van der Waals surface area contributed by atoms with E-state index in [9.17, 15) is 14.0 Å². The summed E-state index contributed by atoms with van der Waals surface area (Å²) in [6, 6.07) is 12.0. The number of H-pyrrole nitrogens is 2. The van der Waals surface area contributed by atoms with Crippen LogP contribution in [-0.2, 0) is 9.59 Å². The molecule has 8 nitrogen and oxygen atoms in total. The molecule has 0 aliphatic carbocycles. The van der Waals surface area contributed by atoms with Gasteiger partial charge in [-0.2, -0.15) is 5.10 Å². The molecule has 1 fully saturated rings. The number of aromatic amines is 2. The van der Waals surface area contributed by atoms with Crippen molar-refractivity contribution in [2.45, 2.75) is 26.3 Å². The molecule has 9 heteroatoms. The van der Waals surface area contributed by atoms with Crippen LogP contribution in [-0.4, -0.2) is 38.5 Å². The largest absolute Gasteiger partial charge is 0.346 e. The first-order valence-corrected chi connectivity index (χ1v) is 10.6. The van der Waals surface area contributed by atoms with Crippen LogP contribution in [0.3, 0.4) is 0 Å². The van der Waals surface area contributed by atoms with E-state index in [1.807, 2.05) is 38.1 Å². The summed E-state index contributed by atoms with van der Waals surface area (Å²) < 4.78 is 14.4. The molecule has 0 saturated carbocycles. The van der Waals surface area contributed by atoms with E-state index < -0.39 is 11.7 Å². The fourth-order valence-corrected chi connectivity index (χ4v) is 4.24. The minimum absolute atomic E-state index is 0.0413. The van der Waals surface area contributed by atoms with Gasteiger partial charge in [-0.05, 0) is 30.2 Å². The summed E-state index contributed by atoms with van der Waals surface area (Å²) in [4.78, 5) is 35.1. The highest BCUT2D eigenvalue weighted by Crippen LogP contribution is 2.32. The van der Waals surface area contributed by atoms with Gasteiger partial charge in [0.15, 0.2) is 5.82 Å². The van der Waals surface area contributed by atoms with Gasteiger partial charge in [0.2, 0.25) is 11.8 Å². The van der Waals surface area contributed by atoms with Crippen molar-refractivity contribution < 1.29 is 14.0 Å². The monoisotopic (exact) mass is 434 g/mol. The van der Waals surface area contributed by atoms with Crippen LogP contribution in [0.4, 0.5) is 10.2 Å². The molecule has 1 saturated heterocycles. The van der Waals surface area contributed by atoms with Crippen molar-refractivity contribution in [1.29, 1.82) is 0 Å². The summed E-state index contributed by atoms with van der Waals surface area (Å²) >= 11 is 0. The zero-order chi connectivity index (χ0) is 22.4. The van der Waals surface area contributed by atoms with Crippen molar-refractivity contribution in [2.24, 2.45) is 11.8 Å². The minimum Gasteiger partial charge on any atom is -0.346 e. The number of carbonyl (C=O) groups excluding carboxylic acids is 2. The maximum Gasteiger partial charge on any atom is 0.229 e. The van der Waals surface area contributed by atoms with E-state index in [1.165, 1.54) is 11.0 Å². The Labute approximate surface area is 183 Å². The minimum atomic E-state index is -0.563. The lowest BCUT2D eigenvalue weighted by Gasteiger charge is -2.22. The Morgan fingerprint density at radius 1 is 1.19 bits per heavy atom. The number of nitrogens with zero attached hydrogens (tertiary/aromatic N) is 3. The Balaban J connectivity index is 1.36. The van der Waals surface area contributed by atoms with Gasteiger partial charge in [0, 0.05) is 13.0 Å². The quantitative estimate of drug-likeness (QED) is 0.447. The average molecular weight is 434 g/mol. The molecule has 3 heterocycles. The molecule has 4 aromatic rings. The van der Waals surface area contributed by atoms with E-state index in [-0.39, 0.29) is 47.9 Å². The Morgan fingerprint density at radius 3 is 2.75 bits per heavy atom. The van der Waals surface area contributed by atoms with E-state index in [1.54, 1.807) is 12.1 Å². The molecule has 5 rings (SSSR count). The Hall–Kier alpha value is -3.75. The number of halogens is 1. The van der Waals surface area contributed by atoms with Crippen molar-refractivity contribution in [3.63, 3.8) is 0 Å². The van der Waals surface area contributed by atoms with Crippen LogP contribution in [0, 0.1) is 17.7 Å². The number of hydrogen-bond acceptors (Lipinski definition) is 4. The maximum absolute atomic E-state index is 14.4. The number of para-hydroxylation sites is 2. The van der Waals surface area contributed by atoms with E-state index in [2.05, 4.69) is 25.5 Å². The first-order chi connectivity index (χ1) is 15.4. The summed E-state index contributed by atoms with van der Waals surface area (Å²) in [6.07, 6.45) is 0.0413. The van der Waals surface area contributed by atoms with Crippen LogP contribution in [0.15, 0.2) is 42.5 Å². The average Bonchev–Trinajstić information content (AvgIpc) is 3.47. The van der Waals surface area contributed by atoms with Crippen LogP contribution in [0.2, 0.25) is 0 Å². The molecule has 3 N–H and O–H groups in total. The van der Waals surface area contributed by atoms with E-state index in [4.69, 9.17) is 0 Å². The second-order valence-electron chi connectivity index (χ2n) is 8.48. The first kappa shape index (κ1) is 20.2. The molecule has 1 aliphatic heterocycles. The number of hydrogen-bond donors (Lipinski definition) is 3. The normalized spacial score (nSPS) is 17.6. The topological polar surface area (TPSA) is 107 Å². The molecule has 2 aromatic heterocycles. The van der Waals surface area contributed by atoms with Crippen LogP contribution in [0.1, 0.15) is 32.1 Å². The van der Waals surface area contributed by atoms with Gasteiger partial charge in [-0.1, -0.05) is 32.0 Å². The second-order valence-corrected chi connectivity index (χ2v) is 8.48. The van der Waals surface area contributed by atoms with E-state index in [0.717, 1.165) is 11.0 Å². The van der Waals surface area contributed by atoms with Crippen LogP contribution in [0.5, 0.6) is 0 Å². The molecule has 2 atom stereocenters. The van der Waals surface area contributed by atoms with Gasteiger partial charge >= 0.3 is 0 Å². The highest BCUT2D eigenvalue weighted by molar-refractivity contribution is 6.05. The molecule has 0 unspecified atom stereocenters. The summed E-state index contributed by atoms with van der Waals surface area (Å²) in [6.45, 7) is 4.15. The lowest BCUT2D eigenvalue weighted by molar-refractivity contribution is -0.127. The molecular formula is C23H23FN6O2. The van der Waals surface area contributed by atoms with Gasteiger partial charge in [-0.3, -0.25) is 19.6 Å². The zero-order valence-electron chi connectivity index (χ0n) is 17.7. The number of aromatic nitrogens is 4. The molecule has 0 bridgehead atoms. The smallest absolute Gasteiger partial charge is 0.229 e. The molecule has 2 aromatic carbocycles. The molecule has 0 radical (unpaired) electrons. The lowest BCUT2D eigenvalue weighted by atomic mass is 10.0. The van der Waals surface area contributed by atoms with Gasteiger partial charge in [-0.15, -0.1) is 0 Å². The number of imidazole rings is 1. The number of carbonyl (C=O) groups is 2. The van der Waals surface area contributed by atoms with Gasteiger partial charge < -0.3 is 10.3 Å². The highest BCUT2D eigenvalue weighted by atomic mass is 19.1. The van der Waals surface area contributed by atoms with Crippen molar-refractivity contribution in [3.05, 3.63) is 54.1 Å². The summed E-state index contributed by atoms with van der Waals surface area (Å²) in [5.74, 6) is -0.542. The summed E-state index contributed by atoms with van der Waals surface area (Å²) in [5, 5.41) is 10.2. The predicted molar refractivity (Wildman–Crippen MR) is 118 cm³/mol. The van der Waals surface area contributed by atoms with Crippen LogP contribution >= 0.6 is 0 Å². The molecule has 32 heavy (non-hydrogen) atoms. The number of rotatable bonds is 5. The fraction of sp³-hybridized carbons (Fsp3) is 0.304.